The molecule has 194 valence electrons. The van der Waals surface area contributed by atoms with Crippen molar-refractivity contribution in [3.05, 3.63) is 101 Å². The van der Waals surface area contributed by atoms with Gasteiger partial charge < -0.3 is 9.67 Å². The molecule has 5 nitrogen and oxygen atoms in total. The van der Waals surface area contributed by atoms with E-state index in [2.05, 4.69) is 4.98 Å². The Morgan fingerprint density at radius 2 is 1.62 bits per heavy atom. The molecule has 4 aromatic rings. The second-order valence-corrected chi connectivity index (χ2v) is 11.5. The number of nitrogens with zero attached hydrogens (tertiary/aromatic N) is 2. The van der Waals surface area contributed by atoms with Crippen molar-refractivity contribution in [1.29, 1.82) is 0 Å². The molecule has 1 heterocycles. The Kier molecular flexibility index (Phi) is 7.05. The van der Waals surface area contributed by atoms with Gasteiger partial charge in [-0.2, -0.15) is 0 Å². The first kappa shape index (κ1) is 26.6. The molecule has 0 radical (unpaired) electrons. The molecule has 3 aromatic carbocycles. The largest absolute Gasteiger partial charge is 0.384 e. The molecule has 1 aromatic heterocycles. The van der Waals surface area contributed by atoms with Gasteiger partial charge in [0.2, 0.25) is 0 Å². The summed E-state index contributed by atoms with van der Waals surface area (Å²) in [6.07, 6.45) is 2.73. The van der Waals surface area contributed by atoms with E-state index in [1.54, 1.807) is 45.0 Å². The average molecular weight is 529 g/mol. The smallest absolute Gasteiger partial charge is 0.175 e. The Hall–Kier alpha value is -3.43. The molecule has 9 heteroatoms. The van der Waals surface area contributed by atoms with E-state index in [4.69, 9.17) is 0 Å². The lowest BCUT2D eigenvalue weighted by molar-refractivity contribution is 0.0741. The summed E-state index contributed by atoms with van der Waals surface area (Å²) < 4.78 is 70.5. The molecule has 0 amide bonds. The number of aliphatic hydroxyl groups is 1. The highest BCUT2D eigenvalue weighted by molar-refractivity contribution is 7.90. The van der Waals surface area contributed by atoms with Crippen molar-refractivity contribution < 1.29 is 26.7 Å². The molecule has 0 saturated heterocycles. The molecule has 0 aliphatic heterocycles. The Labute approximate surface area is 214 Å². The van der Waals surface area contributed by atoms with E-state index in [9.17, 15) is 22.3 Å². The van der Waals surface area contributed by atoms with Crippen LogP contribution in [0.25, 0.3) is 16.8 Å². The fraction of sp³-hybridized carbons (Fsp3) is 0.250. The van der Waals surface area contributed by atoms with E-state index in [0.717, 1.165) is 6.26 Å². The van der Waals surface area contributed by atoms with Crippen LogP contribution in [0.2, 0.25) is 0 Å². The number of imidazole rings is 1. The van der Waals surface area contributed by atoms with Crippen LogP contribution in [-0.4, -0.2) is 29.3 Å². The average Bonchev–Trinajstić information content (AvgIpc) is 3.23. The first-order valence-corrected chi connectivity index (χ1v) is 13.6. The van der Waals surface area contributed by atoms with Gasteiger partial charge in [-0.25, -0.2) is 26.6 Å². The lowest BCUT2D eigenvalue weighted by Crippen LogP contribution is -2.16. The van der Waals surface area contributed by atoms with E-state index in [-0.39, 0.29) is 45.8 Å². The highest BCUT2D eigenvalue weighted by atomic mass is 32.2. The summed E-state index contributed by atoms with van der Waals surface area (Å²) in [5.41, 5.74) is -0.0237. The number of aromatic nitrogens is 2. The zero-order chi connectivity index (χ0) is 27.1. The second-order valence-electron chi connectivity index (χ2n) is 9.47. The number of sulfone groups is 1. The third-order valence-electron chi connectivity index (χ3n) is 6.16. The molecule has 0 atom stereocenters. The normalized spacial score (nSPS) is 12.2. The van der Waals surface area contributed by atoms with E-state index < -0.39 is 32.9 Å². The zero-order valence-electron chi connectivity index (χ0n) is 20.9. The molecule has 0 aliphatic carbocycles. The van der Waals surface area contributed by atoms with Crippen LogP contribution in [0.4, 0.5) is 13.2 Å². The molecule has 0 spiro atoms. The van der Waals surface area contributed by atoms with Crippen molar-refractivity contribution in [2.45, 2.75) is 44.1 Å². The highest BCUT2D eigenvalue weighted by Gasteiger charge is 2.24. The zero-order valence-corrected chi connectivity index (χ0v) is 21.7. The van der Waals surface area contributed by atoms with Crippen LogP contribution >= 0.6 is 0 Å². The summed E-state index contributed by atoms with van der Waals surface area (Å²) in [6.45, 7) is 4.74. The van der Waals surface area contributed by atoms with Crippen molar-refractivity contribution in [3.63, 3.8) is 0 Å². The van der Waals surface area contributed by atoms with E-state index in [1.807, 2.05) is 0 Å². The van der Waals surface area contributed by atoms with Gasteiger partial charge in [-0.3, -0.25) is 0 Å². The number of hydrogen-bond acceptors (Lipinski definition) is 4. The molecule has 0 fully saturated rings. The Morgan fingerprint density at radius 1 is 0.946 bits per heavy atom. The standard InChI is InChI=1S/C28H27F3N2O3S/c1-5-20-22(30)13-19(14-25(20)37(4,35)36)17-10-11-24(23(31)12-17)33-16-26(28(2,3)34)32-27(33)15-18-8-6-7-9-21(18)29/h6-14,16,34H,5,15H2,1-4H3. The molecule has 0 unspecified atom stereocenters. The van der Waals surface area contributed by atoms with Gasteiger partial charge in [-0.15, -0.1) is 0 Å². The lowest BCUT2D eigenvalue weighted by Gasteiger charge is -2.14. The van der Waals surface area contributed by atoms with E-state index in [0.29, 0.717) is 11.4 Å². The molecule has 0 saturated carbocycles. The molecule has 1 N–H and O–H groups in total. The third-order valence-corrected chi connectivity index (χ3v) is 7.32. The minimum atomic E-state index is -3.71. The second kappa shape index (κ2) is 9.79. The fourth-order valence-corrected chi connectivity index (χ4v) is 5.22. The van der Waals surface area contributed by atoms with Crippen LogP contribution in [0.3, 0.4) is 0 Å². The Balaban J connectivity index is 1.82. The van der Waals surface area contributed by atoms with Gasteiger partial charge in [-0.05, 0) is 67.3 Å². The maximum Gasteiger partial charge on any atom is 0.175 e. The third kappa shape index (κ3) is 5.47. The first-order chi connectivity index (χ1) is 17.3. The monoisotopic (exact) mass is 528 g/mol. The van der Waals surface area contributed by atoms with Crippen molar-refractivity contribution in [1.82, 2.24) is 9.55 Å². The van der Waals surface area contributed by atoms with Crippen molar-refractivity contribution >= 4 is 9.84 Å². The Morgan fingerprint density at radius 3 is 2.22 bits per heavy atom. The van der Waals surface area contributed by atoms with Crippen LogP contribution in [-0.2, 0) is 28.3 Å². The van der Waals surface area contributed by atoms with Crippen molar-refractivity contribution in [2.75, 3.05) is 6.26 Å². The fourth-order valence-electron chi connectivity index (χ4n) is 4.19. The van der Waals surface area contributed by atoms with Crippen LogP contribution in [0.15, 0.2) is 65.7 Å². The molecular formula is C28H27F3N2O3S. The number of benzene rings is 3. The van der Waals surface area contributed by atoms with E-state index in [1.165, 1.54) is 41.1 Å². The maximum atomic E-state index is 15.5. The van der Waals surface area contributed by atoms with Crippen LogP contribution in [0.1, 0.15) is 43.4 Å². The Bertz CT molecular complexity index is 1590. The molecule has 37 heavy (non-hydrogen) atoms. The van der Waals surface area contributed by atoms with Gasteiger partial charge >= 0.3 is 0 Å². The van der Waals surface area contributed by atoms with Crippen LogP contribution in [0.5, 0.6) is 0 Å². The lowest BCUT2D eigenvalue weighted by atomic mass is 10.0. The van der Waals surface area contributed by atoms with Gasteiger partial charge in [0.25, 0.3) is 0 Å². The van der Waals surface area contributed by atoms with E-state index >= 15 is 4.39 Å². The summed E-state index contributed by atoms with van der Waals surface area (Å²) in [7, 11) is -3.71. The van der Waals surface area contributed by atoms with Crippen LogP contribution < -0.4 is 0 Å². The van der Waals surface area contributed by atoms with Gasteiger partial charge in [0.05, 0.1) is 16.3 Å². The van der Waals surface area contributed by atoms with Gasteiger partial charge in [0.1, 0.15) is 28.9 Å². The quantitative estimate of drug-likeness (QED) is 0.332. The molecule has 0 aliphatic rings. The predicted molar refractivity (Wildman–Crippen MR) is 136 cm³/mol. The minimum Gasteiger partial charge on any atom is -0.384 e. The molecule has 0 bridgehead atoms. The summed E-state index contributed by atoms with van der Waals surface area (Å²) in [6, 6.07) is 12.9. The topological polar surface area (TPSA) is 72.2 Å². The molecular weight excluding hydrogens is 501 g/mol. The minimum absolute atomic E-state index is 0.0470. The number of halogens is 3. The van der Waals surface area contributed by atoms with Crippen molar-refractivity contribution in [3.8, 4) is 16.8 Å². The predicted octanol–water partition coefficient (Wildman–Crippen LogP) is 5.74. The maximum absolute atomic E-state index is 15.5. The van der Waals surface area contributed by atoms with Crippen LogP contribution in [0, 0.1) is 17.5 Å². The summed E-state index contributed by atoms with van der Waals surface area (Å²) in [5.74, 6) is -1.49. The summed E-state index contributed by atoms with van der Waals surface area (Å²) in [4.78, 5) is 4.32. The molecule has 4 rings (SSSR count). The van der Waals surface area contributed by atoms with Gasteiger partial charge in [-0.1, -0.05) is 31.2 Å². The summed E-state index contributed by atoms with van der Waals surface area (Å²) in [5, 5.41) is 10.5. The SMILES string of the molecule is CCc1c(F)cc(-c2ccc(-n3cc(C(C)(C)O)nc3Cc3ccccc3F)c(F)c2)cc1S(C)(=O)=O. The van der Waals surface area contributed by atoms with Gasteiger partial charge in [0.15, 0.2) is 9.84 Å². The van der Waals surface area contributed by atoms with Gasteiger partial charge in [0, 0.05) is 24.4 Å². The first-order valence-electron chi connectivity index (χ1n) is 11.7. The number of rotatable bonds is 7. The summed E-state index contributed by atoms with van der Waals surface area (Å²) >= 11 is 0. The number of hydrogen-bond donors (Lipinski definition) is 1. The van der Waals surface area contributed by atoms with Crippen molar-refractivity contribution in [2.24, 2.45) is 0 Å². The highest BCUT2D eigenvalue weighted by Crippen LogP contribution is 2.31.